The van der Waals surface area contributed by atoms with Crippen LogP contribution in [0, 0.1) is 10.1 Å². The summed E-state index contributed by atoms with van der Waals surface area (Å²) in [4.78, 5) is 29.6. The molecule has 1 aromatic heterocycles. The van der Waals surface area contributed by atoms with Crippen LogP contribution in [0.25, 0.3) is 0 Å². The van der Waals surface area contributed by atoms with Gasteiger partial charge in [-0.15, -0.1) is 0 Å². The average molecular weight is 259 g/mol. The summed E-state index contributed by atoms with van der Waals surface area (Å²) < 4.78 is 0. The number of rotatable bonds is 3. The predicted octanol–water partition coefficient (Wildman–Crippen LogP) is 1.22. The van der Waals surface area contributed by atoms with E-state index in [2.05, 4.69) is 15.3 Å². The summed E-state index contributed by atoms with van der Waals surface area (Å²) in [6, 6.07) is 3.82. The van der Waals surface area contributed by atoms with Gasteiger partial charge in [0.25, 0.3) is 11.6 Å². The number of aromatic nitrogens is 2. The molecule has 0 saturated carbocycles. The van der Waals surface area contributed by atoms with E-state index in [1.165, 1.54) is 30.7 Å². The Morgan fingerprint density at radius 3 is 2.79 bits per heavy atom. The zero-order chi connectivity index (χ0) is 13.8. The van der Waals surface area contributed by atoms with Crippen molar-refractivity contribution in [2.45, 2.75) is 0 Å². The first-order valence-electron chi connectivity index (χ1n) is 5.19. The molecule has 3 N–H and O–H groups in total. The molecule has 8 nitrogen and oxygen atoms in total. The number of carbonyl (C=O) groups excluding carboxylic acids is 1. The van der Waals surface area contributed by atoms with Gasteiger partial charge < -0.3 is 11.1 Å². The molecule has 0 bridgehead atoms. The van der Waals surface area contributed by atoms with Crippen molar-refractivity contribution in [1.29, 1.82) is 0 Å². The number of nitrogens with one attached hydrogen (secondary N) is 1. The highest BCUT2D eigenvalue weighted by molar-refractivity contribution is 6.04. The highest BCUT2D eigenvalue weighted by Crippen LogP contribution is 2.22. The highest BCUT2D eigenvalue weighted by atomic mass is 16.6. The van der Waals surface area contributed by atoms with Gasteiger partial charge >= 0.3 is 0 Å². The molecule has 0 atom stereocenters. The minimum Gasteiger partial charge on any atom is -0.393 e. The van der Waals surface area contributed by atoms with Gasteiger partial charge in [-0.2, -0.15) is 0 Å². The molecule has 1 heterocycles. The van der Waals surface area contributed by atoms with Crippen LogP contribution in [0.15, 0.2) is 36.8 Å². The second-order valence-electron chi connectivity index (χ2n) is 3.58. The maximum Gasteiger partial charge on any atom is 0.292 e. The number of nitrogen functional groups attached to an aromatic ring is 1. The number of hydrogen-bond donors (Lipinski definition) is 2. The molecule has 1 amide bonds. The second kappa shape index (κ2) is 5.08. The number of nitro groups is 1. The standard InChI is InChI=1S/C11H9N5O3/c12-8-2-1-7(5-9(8)16(18)19)11(17)15-10-6-13-3-4-14-10/h1-6H,12H2,(H,14,15,17). The molecule has 1 aromatic carbocycles. The predicted molar refractivity (Wildman–Crippen MR) is 67.5 cm³/mol. The second-order valence-corrected chi connectivity index (χ2v) is 3.58. The van der Waals surface area contributed by atoms with E-state index in [1.54, 1.807) is 0 Å². The topological polar surface area (TPSA) is 124 Å². The number of hydrogen-bond acceptors (Lipinski definition) is 6. The number of nitrogens with two attached hydrogens (primary N) is 1. The Morgan fingerprint density at radius 1 is 1.37 bits per heavy atom. The van der Waals surface area contributed by atoms with Crippen molar-refractivity contribution in [3.63, 3.8) is 0 Å². The van der Waals surface area contributed by atoms with E-state index in [-0.39, 0.29) is 22.8 Å². The van der Waals surface area contributed by atoms with Gasteiger partial charge in [0.15, 0.2) is 5.82 Å². The fourth-order valence-electron chi connectivity index (χ4n) is 1.40. The Morgan fingerprint density at radius 2 is 2.16 bits per heavy atom. The zero-order valence-corrected chi connectivity index (χ0v) is 9.61. The van der Waals surface area contributed by atoms with Crippen LogP contribution in [0.2, 0.25) is 0 Å². The first kappa shape index (κ1) is 12.4. The van der Waals surface area contributed by atoms with Crippen LogP contribution in [0.4, 0.5) is 17.2 Å². The molecule has 2 rings (SSSR count). The van der Waals surface area contributed by atoms with Crippen molar-refractivity contribution >= 4 is 23.1 Å². The minimum absolute atomic E-state index is 0.000975. The molecule has 19 heavy (non-hydrogen) atoms. The smallest absolute Gasteiger partial charge is 0.292 e. The lowest BCUT2D eigenvalue weighted by Gasteiger charge is -2.04. The lowest BCUT2D eigenvalue weighted by atomic mass is 10.1. The van der Waals surface area contributed by atoms with Gasteiger partial charge in [0.2, 0.25) is 0 Å². The maximum absolute atomic E-state index is 11.9. The van der Waals surface area contributed by atoms with Gasteiger partial charge in [-0.05, 0) is 12.1 Å². The number of benzene rings is 1. The molecule has 8 heteroatoms. The van der Waals surface area contributed by atoms with E-state index in [1.807, 2.05) is 0 Å². The molecular formula is C11H9N5O3. The van der Waals surface area contributed by atoms with Crippen LogP contribution in [0.1, 0.15) is 10.4 Å². The van der Waals surface area contributed by atoms with Crippen LogP contribution in [0.5, 0.6) is 0 Å². The molecule has 0 spiro atoms. The Bertz CT molecular complexity index is 629. The van der Waals surface area contributed by atoms with Crippen LogP contribution >= 0.6 is 0 Å². The van der Waals surface area contributed by atoms with Crippen molar-refractivity contribution in [1.82, 2.24) is 9.97 Å². The summed E-state index contributed by atoms with van der Waals surface area (Å²) in [5.74, 6) is -0.268. The van der Waals surface area contributed by atoms with E-state index in [0.717, 1.165) is 6.07 Å². The molecule has 0 fully saturated rings. The van der Waals surface area contributed by atoms with E-state index in [0.29, 0.717) is 0 Å². The molecule has 0 aliphatic rings. The molecule has 2 aromatic rings. The van der Waals surface area contributed by atoms with Crippen molar-refractivity contribution in [3.8, 4) is 0 Å². The van der Waals surface area contributed by atoms with Gasteiger partial charge in [0.05, 0.1) is 11.1 Å². The van der Waals surface area contributed by atoms with Crippen LogP contribution in [-0.4, -0.2) is 20.8 Å². The first-order chi connectivity index (χ1) is 9.08. The molecule has 0 radical (unpaired) electrons. The molecule has 96 valence electrons. The van der Waals surface area contributed by atoms with E-state index in [9.17, 15) is 14.9 Å². The Balaban J connectivity index is 2.25. The lowest BCUT2D eigenvalue weighted by Crippen LogP contribution is -2.13. The summed E-state index contributed by atoms with van der Waals surface area (Å²) in [5, 5.41) is 13.2. The van der Waals surface area contributed by atoms with Gasteiger partial charge in [-0.3, -0.25) is 19.9 Å². The van der Waals surface area contributed by atoms with Crippen molar-refractivity contribution in [2.75, 3.05) is 11.1 Å². The average Bonchev–Trinajstić information content (AvgIpc) is 2.40. The van der Waals surface area contributed by atoms with Gasteiger partial charge in [0.1, 0.15) is 5.69 Å². The first-order valence-corrected chi connectivity index (χ1v) is 5.19. The normalized spacial score (nSPS) is 9.89. The van der Waals surface area contributed by atoms with Crippen LogP contribution in [0.3, 0.4) is 0 Å². The van der Waals surface area contributed by atoms with E-state index < -0.39 is 10.8 Å². The SMILES string of the molecule is Nc1ccc(C(=O)Nc2cnccn2)cc1[N+](=O)[O-]. The third-order valence-electron chi connectivity index (χ3n) is 2.29. The summed E-state index contributed by atoms with van der Waals surface area (Å²) >= 11 is 0. The lowest BCUT2D eigenvalue weighted by molar-refractivity contribution is -0.383. The number of anilines is 2. The number of nitro benzene ring substituents is 1. The van der Waals surface area contributed by atoms with E-state index >= 15 is 0 Å². The summed E-state index contributed by atoms with van der Waals surface area (Å²) in [7, 11) is 0. The minimum atomic E-state index is -0.644. The third-order valence-corrected chi connectivity index (χ3v) is 2.29. The summed E-state index contributed by atoms with van der Waals surface area (Å²) in [6.45, 7) is 0. The van der Waals surface area contributed by atoms with Gasteiger partial charge in [0, 0.05) is 24.0 Å². The fourth-order valence-corrected chi connectivity index (χ4v) is 1.40. The van der Waals surface area contributed by atoms with Crippen LogP contribution in [-0.2, 0) is 0 Å². The number of nitrogens with zero attached hydrogens (tertiary/aromatic N) is 3. The Kier molecular flexibility index (Phi) is 3.33. The quantitative estimate of drug-likeness (QED) is 0.485. The maximum atomic E-state index is 11.9. The van der Waals surface area contributed by atoms with Gasteiger partial charge in [-0.25, -0.2) is 4.98 Å². The van der Waals surface area contributed by atoms with Crippen molar-refractivity contribution < 1.29 is 9.72 Å². The zero-order valence-electron chi connectivity index (χ0n) is 9.61. The molecule has 0 unspecified atom stereocenters. The monoisotopic (exact) mass is 259 g/mol. The summed E-state index contributed by atoms with van der Waals surface area (Å²) in [5.41, 5.74) is 5.25. The van der Waals surface area contributed by atoms with Gasteiger partial charge in [-0.1, -0.05) is 0 Å². The van der Waals surface area contributed by atoms with E-state index in [4.69, 9.17) is 5.73 Å². The van der Waals surface area contributed by atoms with Crippen molar-refractivity contribution in [2.24, 2.45) is 0 Å². The van der Waals surface area contributed by atoms with Crippen molar-refractivity contribution in [3.05, 3.63) is 52.5 Å². The molecule has 0 saturated heterocycles. The largest absolute Gasteiger partial charge is 0.393 e. The highest BCUT2D eigenvalue weighted by Gasteiger charge is 2.15. The fraction of sp³-hybridized carbons (Fsp3) is 0. The third kappa shape index (κ3) is 2.80. The molecule has 0 aliphatic heterocycles. The number of amides is 1. The Hall–Kier alpha value is -3.03. The molecular weight excluding hydrogens is 250 g/mol. The Labute approximate surface area is 107 Å². The number of carbonyl (C=O) groups is 1. The van der Waals surface area contributed by atoms with Crippen LogP contribution < -0.4 is 11.1 Å². The summed E-state index contributed by atoms with van der Waals surface area (Å²) in [6.07, 6.45) is 4.24. The molecule has 0 aliphatic carbocycles.